The fourth-order valence-corrected chi connectivity index (χ4v) is 4.41. The van der Waals surface area contributed by atoms with Gasteiger partial charge in [-0.3, -0.25) is 14.4 Å². The van der Waals surface area contributed by atoms with Gasteiger partial charge in [-0.1, -0.05) is 6.92 Å². The van der Waals surface area contributed by atoms with E-state index in [0.29, 0.717) is 6.42 Å². The number of rotatable bonds is 5. The molecule has 0 aromatic heterocycles. The first-order chi connectivity index (χ1) is 13.6. The number of alkyl halides is 6. The van der Waals surface area contributed by atoms with Crippen LogP contribution in [0, 0.1) is 29.1 Å². The zero-order valence-electron chi connectivity index (χ0n) is 16.2. The summed E-state index contributed by atoms with van der Waals surface area (Å²) in [6.45, 7) is 4.91. The molecule has 3 fully saturated rings. The molecule has 3 rings (SSSR count). The van der Waals surface area contributed by atoms with Crippen molar-refractivity contribution >= 4 is 17.9 Å². The first-order valence-electron chi connectivity index (χ1n) is 9.35. The minimum Gasteiger partial charge on any atom is -0.458 e. The van der Waals surface area contributed by atoms with Crippen LogP contribution in [0.25, 0.3) is 0 Å². The van der Waals surface area contributed by atoms with Crippen LogP contribution in [0.4, 0.5) is 26.3 Å². The monoisotopic (exact) mass is 446 g/mol. The molecule has 0 spiro atoms. The Morgan fingerprint density at radius 2 is 1.67 bits per heavy atom. The summed E-state index contributed by atoms with van der Waals surface area (Å²) in [6.07, 6.45) is -17.6. The third-order valence-corrected chi connectivity index (χ3v) is 6.33. The van der Waals surface area contributed by atoms with Gasteiger partial charge in [-0.2, -0.15) is 26.3 Å². The molecule has 0 amide bonds. The number of carbonyl (C=O) groups excluding carboxylic acids is 3. The quantitative estimate of drug-likeness (QED) is 0.367. The number of hydrogen-bond donors (Lipinski definition) is 0. The van der Waals surface area contributed by atoms with Crippen molar-refractivity contribution in [1.82, 2.24) is 0 Å². The van der Waals surface area contributed by atoms with Gasteiger partial charge in [0.1, 0.15) is 12.2 Å². The van der Waals surface area contributed by atoms with E-state index in [9.17, 15) is 40.7 Å². The topological polar surface area (TPSA) is 78.9 Å². The van der Waals surface area contributed by atoms with Crippen LogP contribution in [-0.4, -0.2) is 48.6 Å². The van der Waals surface area contributed by atoms with Gasteiger partial charge in [-0.25, -0.2) is 0 Å². The first-order valence-corrected chi connectivity index (χ1v) is 9.35. The Morgan fingerprint density at radius 3 is 2.17 bits per heavy atom. The van der Waals surface area contributed by atoms with Crippen molar-refractivity contribution in [3.8, 4) is 0 Å². The average molecular weight is 446 g/mol. The van der Waals surface area contributed by atoms with E-state index in [0.717, 1.165) is 0 Å². The van der Waals surface area contributed by atoms with Gasteiger partial charge >= 0.3 is 30.3 Å². The van der Waals surface area contributed by atoms with Gasteiger partial charge in [0, 0.05) is 11.8 Å². The maximum Gasteiger partial charge on any atom is 0.434 e. The zero-order valence-corrected chi connectivity index (χ0v) is 16.2. The molecule has 0 aromatic rings. The highest BCUT2D eigenvalue weighted by Crippen LogP contribution is 2.59. The Kier molecular flexibility index (Phi) is 5.30. The van der Waals surface area contributed by atoms with Crippen LogP contribution in [0.15, 0.2) is 0 Å². The molecule has 1 saturated heterocycles. The van der Waals surface area contributed by atoms with Crippen LogP contribution < -0.4 is 0 Å². The van der Waals surface area contributed by atoms with E-state index >= 15 is 0 Å². The molecule has 0 aromatic carbocycles. The maximum absolute atomic E-state index is 12.8. The Bertz CT molecular complexity index is 730. The van der Waals surface area contributed by atoms with Crippen LogP contribution in [0.2, 0.25) is 0 Å². The molecule has 1 heterocycles. The molecule has 0 radical (unpaired) electrons. The third-order valence-electron chi connectivity index (χ3n) is 6.33. The minimum atomic E-state index is -5.87. The summed E-state index contributed by atoms with van der Waals surface area (Å²) in [5.74, 6) is -7.84. The summed E-state index contributed by atoms with van der Waals surface area (Å²) in [4.78, 5) is 37.0. The number of carbonyl (C=O) groups is 3. The second kappa shape index (κ2) is 7.01. The number of ether oxygens (including phenoxy) is 3. The van der Waals surface area contributed by atoms with Crippen molar-refractivity contribution in [3.63, 3.8) is 0 Å². The van der Waals surface area contributed by atoms with E-state index < -0.39 is 77.7 Å². The van der Waals surface area contributed by atoms with Gasteiger partial charge in [0.15, 0.2) is 0 Å². The molecular formula is C18H20F6O6. The molecule has 0 N–H and O–H groups in total. The summed E-state index contributed by atoms with van der Waals surface area (Å²) in [7, 11) is 0. The lowest BCUT2D eigenvalue weighted by Gasteiger charge is -2.33. The largest absolute Gasteiger partial charge is 0.458 e. The lowest BCUT2D eigenvalue weighted by molar-refractivity contribution is -0.315. The molecule has 6 unspecified atom stereocenters. The van der Waals surface area contributed by atoms with E-state index in [2.05, 4.69) is 4.74 Å². The highest BCUT2D eigenvalue weighted by Gasteiger charge is 2.71. The van der Waals surface area contributed by atoms with Crippen molar-refractivity contribution in [2.24, 2.45) is 29.1 Å². The fourth-order valence-electron chi connectivity index (χ4n) is 4.41. The van der Waals surface area contributed by atoms with Crippen LogP contribution in [0.3, 0.4) is 0 Å². The number of halogens is 6. The number of hydrogen-bond acceptors (Lipinski definition) is 6. The normalized spacial score (nSPS) is 33.1. The highest BCUT2D eigenvalue weighted by atomic mass is 19.4. The second-order valence-corrected chi connectivity index (χ2v) is 8.52. The molecule has 6 nitrogen and oxygen atoms in total. The molecule has 170 valence electrons. The summed E-state index contributed by atoms with van der Waals surface area (Å²) >= 11 is 0. The van der Waals surface area contributed by atoms with Crippen molar-refractivity contribution in [3.05, 3.63) is 0 Å². The molecule has 1 aliphatic heterocycles. The van der Waals surface area contributed by atoms with Crippen molar-refractivity contribution < 1.29 is 54.9 Å². The smallest absolute Gasteiger partial charge is 0.434 e. The van der Waals surface area contributed by atoms with Gasteiger partial charge in [0.25, 0.3) is 6.10 Å². The Hall–Kier alpha value is -2.01. The van der Waals surface area contributed by atoms with E-state index in [1.807, 2.05) is 0 Å². The fraction of sp³-hybridized carbons (Fsp3) is 0.833. The molecule has 2 aliphatic carbocycles. The average Bonchev–Trinajstić information content (AvgIpc) is 3.20. The molecule has 3 aliphatic rings. The zero-order chi connectivity index (χ0) is 22.8. The van der Waals surface area contributed by atoms with Gasteiger partial charge in [0.2, 0.25) is 0 Å². The van der Waals surface area contributed by atoms with Crippen LogP contribution in [0.5, 0.6) is 0 Å². The van der Waals surface area contributed by atoms with Crippen molar-refractivity contribution in [1.29, 1.82) is 0 Å². The van der Waals surface area contributed by atoms with Crippen LogP contribution in [-0.2, 0) is 28.6 Å². The van der Waals surface area contributed by atoms with Crippen LogP contribution >= 0.6 is 0 Å². The summed E-state index contributed by atoms with van der Waals surface area (Å²) < 4.78 is 91.1. The molecule has 30 heavy (non-hydrogen) atoms. The van der Waals surface area contributed by atoms with Crippen molar-refractivity contribution in [2.45, 2.75) is 64.3 Å². The minimum absolute atomic E-state index is 0.0913. The van der Waals surface area contributed by atoms with E-state index in [4.69, 9.17) is 9.47 Å². The van der Waals surface area contributed by atoms with Gasteiger partial charge < -0.3 is 14.2 Å². The molecule has 12 heteroatoms. The Morgan fingerprint density at radius 1 is 1.10 bits per heavy atom. The first kappa shape index (κ1) is 22.7. The lowest BCUT2D eigenvalue weighted by Crippen LogP contribution is -2.50. The number of esters is 3. The van der Waals surface area contributed by atoms with Crippen molar-refractivity contribution in [2.75, 3.05) is 0 Å². The third kappa shape index (κ3) is 3.62. The standard InChI is InChI=1S/C18H20F6O6/c1-4-16(2,3)15(27)29-11-7-5-6-8(12(25)28-10(6)11)9(7)13(26)30-14(17(19,20)21)18(22,23)24/h6-11,14H,4-5H2,1-3H3. The highest BCUT2D eigenvalue weighted by molar-refractivity contribution is 5.86. The molecule has 2 saturated carbocycles. The SMILES string of the molecule is CCC(C)(C)C(=O)OC1C2CC3C1OC(=O)C3C2C(=O)OC(C(F)(F)F)C(F)(F)F. The maximum atomic E-state index is 12.8. The molecule has 2 bridgehead atoms. The van der Waals surface area contributed by atoms with E-state index in [1.165, 1.54) is 0 Å². The summed E-state index contributed by atoms with van der Waals surface area (Å²) in [5.41, 5.74) is -0.919. The van der Waals surface area contributed by atoms with Gasteiger partial charge in [0.05, 0.1) is 17.3 Å². The Balaban J connectivity index is 1.84. The van der Waals surface area contributed by atoms with E-state index in [1.54, 1.807) is 20.8 Å². The molecular weight excluding hydrogens is 426 g/mol. The Labute approximate surface area is 167 Å². The van der Waals surface area contributed by atoms with Gasteiger partial charge in [-0.05, 0) is 26.7 Å². The van der Waals surface area contributed by atoms with Crippen LogP contribution in [0.1, 0.15) is 33.6 Å². The predicted octanol–water partition coefficient (Wildman–Crippen LogP) is 3.18. The predicted molar refractivity (Wildman–Crippen MR) is 84.4 cm³/mol. The van der Waals surface area contributed by atoms with Gasteiger partial charge in [-0.15, -0.1) is 0 Å². The number of fused-ring (bicyclic) bond motifs is 1. The summed E-state index contributed by atoms with van der Waals surface area (Å²) in [6, 6.07) is 0. The second-order valence-electron chi connectivity index (χ2n) is 8.52. The lowest BCUT2D eigenvalue weighted by atomic mass is 9.78. The molecule has 6 atom stereocenters. The summed E-state index contributed by atoms with van der Waals surface area (Å²) in [5, 5.41) is 0. The van der Waals surface area contributed by atoms with E-state index in [-0.39, 0.29) is 6.42 Å².